The summed E-state index contributed by atoms with van der Waals surface area (Å²) >= 11 is 5.92. The fraction of sp³-hybridized carbons (Fsp3) is 0.500. The second kappa shape index (κ2) is 6.57. The smallest absolute Gasteiger partial charge is 0.411 e. The zero-order valence-corrected chi connectivity index (χ0v) is 13.7. The monoisotopic (exact) mass is 325 g/mol. The minimum absolute atomic E-state index is 0.263. The van der Waals surface area contributed by atoms with Gasteiger partial charge in [-0.25, -0.2) is 4.79 Å². The molecule has 0 N–H and O–H groups in total. The van der Waals surface area contributed by atoms with Crippen molar-refractivity contribution in [1.82, 2.24) is 4.90 Å². The van der Waals surface area contributed by atoms with Gasteiger partial charge in [0.25, 0.3) is 0 Å². The average Bonchev–Trinajstić information content (AvgIpc) is 2.80. The van der Waals surface area contributed by atoms with Gasteiger partial charge in [-0.1, -0.05) is 17.7 Å². The van der Waals surface area contributed by atoms with E-state index in [0.29, 0.717) is 23.7 Å². The lowest BCUT2D eigenvalue weighted by Gasteiger charge is -2.26. The molecule has 0 unspecified atom stereocenters. The molecule has 1 aliphatic rings. The first-order valence-electron chi connectivity index (χ1n) is 7.15. The van der Waals surface area contributed by atoms with Gasteiger partial charge >= 0.3 is 6.09 Å². The van der Waals surface area contributed by atoms with E-state index in [9.17, 15) is 9.59 Å². The predicted octanol–water partition coefficient (Wildman–Crippen LogP) is 3.30. The molecule has 22 heavy (non-hydrogen) atoms. The lowest BCUT2D eigenvalue weighted by molar-refractivity contribution is -0.111. The van der Waals surface area contributed by atoms with Gasteiger partial charge < -0.3 is 14.3 Å². The van der Waals surface area contributed by atoms with Crippen LogP contribution in [0.5, 0.6) is 5.75 Å². The second-order valence-electron chi connectivity index (χ2n) is 6.27. The third kappa shape index (κ3) is 4.37. The summed E-state index contributed by atoms with van der Waals surface area (Å²) in [5, 5.41) is 0.575. The number of hydrogen-bond donors (Lipinski definition) is 0. The predicted molar refractivity (Wildman–Crippen MR) is 83.3 cm³/mol. The topological polar surface area (TPSA) is 55.8 Å². The molecule has 0 saturated carbocycles. The molecule has 2 rings (SSSR count). The molecule has 5 nitrogen and oxygen atoms in total. The van der Waals surface area contributed by atoms with Crippen LogP contribution in [0.1, 0.15) is 27.2 Å². The first kappa shape index (κ1) is 16.6. The number of likely N-dealkylation sites (tertiary alicyclic amines) is 1. The van der Waals surface area contributed by atoms with Crippen LogP contribution in [-0.4, -0.2) is 41.6 Å². The van der Waals surface area contributed by atoms with Gasteiger partial charge in [-0.3, -0.25) is 4.90 Å². The number of ether oxygens (including phenoxy) is 2. The average molecular weight is 326 g/mol. The number of carbonyl (C=O) groups is 2. The Kier molecular flexibility index (Phi) is 4.96. The summed E-state index contributed by atoms with van der Waals surface area (Å²) in [5.41, 5.74) is -0.601. The zero-order chi connectivity index (χ0) is 16.3. The Morgan fingerprint density at radius 3 is 2.73 bits per heavy atom. The van der Waals surface area contributed by atoms with Gasteiger partial charge in [0.15, 0.2) is 0 Å². The summed E-state index contributed by atoms with van der Waals surface area (Å²) in [4.78, 5) is 24.8. The van der Waals surface area contributed by atoms with Gasteiger partial charge in [0, 0.05) is 11.4 Å². The molecule has 1 fully saturated rings. The molecule has 0 aromatic heterocycles. The van der Waals surface area contributed by atoms with Crippen LogP contribution >= 0.6 is 11.6 Å². The Morgan fingerprint density at radius 1 is 1.41 bits per heavy atom. The first-order valence-corrected chi connectivity index (χ1v) is 7.53. The summed E-state index contributed by atoms with van der Waals surface area (Å²) in [6.45, 7) is 5.68. The van der Waals surface area contributed by atoms with E-state index < -0.39 is 17.7 Å². The van der Waals surface area contributed by atoms with E-state index in [1.54, 1.807) is 45.0 Å². The molecule has 0 bridgehead atoms. The highest BCUT2D eigenvalue weighted by Crippen LogP contribution is 2.25. The lowest BCUT2D eigenvalue weighted by atomic mass is 10.2. The van der Waals surface area contributed by atoms with Gasteiger partial charge in [-0.05, 0) is 39.0 Å². The van der Waals surface area contributed by atoms with Gasteiger partial charge in [-0.2, -0.15) is 0 Å². The number of nitrogens with zero attached hydrogens (tertiary/aromatic N) is 1. The van der Waals surface area contributed by atoms with Crippen LogP contribution in [0.4, 0.5) is 4.79 Å². The number of amides is 1. The summed E-state index contributed by atoms with van der Waals surface area (Å²) < 4.78 is 11.1. The van der Waals surface area contributed by atoms with Gasteiger partial charge in [-0.15, -0.1) is 0 Å². The number of hydrogen-bond acceptors (Lipinski definition) is 4. The zero-order valence-electron chi connectivity index (χ0n) is 12.9. The maximum Gasteiger partial charge on any atom is 0.411 e. The lowest BCUT2D eigenvalue weighted by Crippen LogP contribution is -2.41. The number of halogens is 1. The fourth-order valence-electron chi connectivity index (χ4n) is 2.30. The van der Waals surface area contributed by atoms with Crippen molar-refractivity contribution in [3.63, 3.8) is 0 Å². The van der Waals surface area contributed by atoms with E-state index in [0.717, 1.165) is 6.29 Å². The van der Waals surface area contributed by atoms with Crippen LogP contribution in [0.15, 0.2) is 24.3 Å². The molecule has 2 atom stereocenters. The van der Waals surface area contributed by atoms with E-state index in [1.165, 1.54) is 4.90 Å². The summed E-state index contributed by atoms with van der Waals surface area (Å²) in [5.74, 6) is 0.619. The number of rotatable bonds is 3. The van der Waals surface area contributed by atoms with Gasteiger partial charge in [0.2, 0.25) is 0 Å². The Morgan fingerprint density at radius 2 is 2.14 bits per heavy atom. The van der Waals surface area contributed by atoms with Crippen LogP contribution in [0.2, 0.25) is 5.02 Å². The third-order valence-electron chi connectivity index (χ3n) is 3.19. The van der Waals surface area contributed by atoms with Crippen molar-refractivity contribution >= 4 is 24.0 Å². The van der Waals surface area contributed by atoms with Crippen molar-refractivity contribution < 1.29 is 19.1 Å². The molecule has 1 heterocycles. The molecular weight excluding hydrogens is 306 g/mol. The Bertz CT molecular complexity index is 555. The minimum atomic E-state index is -0.601. The molecule has 120 valence electrons. The number of aldehydes is 1. The Balaban J connectivity index is 2.02. The maximum absolute atomic E-state index is 12.2. The molecule has 1 amide bonds. The number of benzene rings is 1. The first-order chi connectivity index (χ1) is 10.3. The minimum Gasteiger partial charge on any atom is -0.488 e. The highest BCUT2D eigenvalue weighted by atomic mass is 35.5. The second-order valence-corrected chi connectivity index (χ2v) is 6.71. The number of carbonyl (C=O) groups excluding carboxylic acids is 2. The van der Waals surface area contributed by atoms with Crippen molar-refractivity contribution in [2.75, 3.05) is 6.54 Å². The van der Waals surface area contributed by atoms with E-state index in [4.69, 9.17) is 21.1 Å². The highest BCUT2D eigenvalue weighted by Gasteiger charge is 2.38. The summed E-state index contributed by atoms with van der Waals surface area (Å²) in [6, 6.07) is 6.50. The largest absolute Gasteiger partial charge is 0.488 e. The van der Waals surface area contributed by atoms with Crippen molar-refractivity contribution in [1.29, 1.82) is 0 Å². The molecule has 1 aliphatic heterocycles. The van der Waals surface area contributed by atoms with Crippen molar-refractivity contribution in [2.24, 2.45) is 0 Å². The van der Waals surface area contributed by atoms with E-state index in [2.05, 4.69) is 0 Å². The SMILES string of the molecule is CC(C)(C)OC(=O)N1C[C@H](Oc2cccc(Cl)c2)C[C@H]1C=O. The normalized spacial score (nSPS) is 21.5. The van der Waals surface area contributed by atoms with E-state index in [-0.39, 0.29) is 6.10 Å². The van der Waals surface area contributed by atoms with E-state index >= 15 is 0 Å². The van der Waals surface area contributed by atoms with Crippen LogP contribution in [-0.2, 0) is 9.53 Å². The molecule has 0 radical (unpaired) electrons. The van der Waals surface area contributed by atoms with Gasteiger partial charge in [0.1, 0.15) is 23.7 Å². The van der Waals surface area contributed by atoms with E-state index in [1.807, 2.05) is 0 Å². The highest BCUT2D eigenvalue weighted by molar-refractivity contribution is 6.30. The fourth-order valence-corrected chi connectivity index (χ4v) is 2.48. The molecule has 1 saturated heterocycles. The molecular formula is C16H20ClNO4. The van der Waals surface area contributed by atoms with Crippen molar-refractivity contribution in [3.8, 4) is 5.75 Å². The molecule has 1 aromatic carbocycles. The molecule has 0 aliphatic carbocycles. The Labute approximate surface area is 135 Å². The molecule has 1 aromatic rings. The van der Waals surface area contributed by atoms with Crippen LogP contribution in [0.25, 0.3) is 0 Å². The van der Waals surface area contributed by atoms with Gasteiger partial charge in [0.05, 0.1) is 12.6 Å². The van der Waals surface area contributed by atoms with Crippen LogP contribution in [0.3, 0.4) is 0 Å². The van der Waals surface area contributed by atoms with Crippen LogP contribution in [0, 0.1) is 0 Å². The standard InChI is InChI=1S/C16H20ClNO4/c1-16(2,3)22-15(20)18-9-14(8-12(18)10-19)21-13-6-4-5-11(17)7-13/h4-7,10,12,14H,8-9H2,1-3H3/t12-,14+/m0/s1. The molecule has 6 heteroatoms. The maximum atomic E-state index is 12.2. The summed E-state index contributed by atoms with van der Waals surface area (Å²) in [6.07, 6.45) is 0.434. The Hall–Kier alpha value is -1.75. The van der Waals surface area contributed by atoms with Crippen molar-refractivity contribution in [3.05, 3.63) is 29.3 Å². The van der Waals surface area contributed by atoms with Crippen molar-refractivity contribution in [2.45, 2.75) is 44.9 Å². The molecule has 0 spiro atoms. The van der Waals surface area contributed by atoms with Crippen LogP contribution < -0.4 is 4.74 Å². The summed E-state index contributed by atoms with van der Waals surface area (Å²) in [7, 11) is 0. The quantitative estimate of drug-likeness (QED) is 0.800. The third-order valence-corrected chi connectivity index (χ3v) is 3.42.